The molecule has 140 valence electrons. The minimum Gasteiger partial charge on any atom is -0.623 e. The Balaban J connectivity index is 0.00000261. The second kappa shape index (κ2) is 6.80. The molecular formula is C15H9F6LiN2O3. The molecule has 1 aliphatic heterocycles. The zero-order valence-electron chi connectivity index (χ0n) is 13.9. The number of halogens is 6. The number of carbonyl (C=O) groups is 1. The third kappa shape index (κ3) is 4.09. The monoisotopic (exact) mass is 386 g/mol. The van der Waals surface area contributed by atoms with E-state index in [0.717, 1.165) is 12.1 Å². The summed E-state index contributed by atoms with van der Waals surface area (Å²) in [4.78, 5) is 27.2. The van der Waals surface area contributed by atoms with Crippen LogP contribution in [0.25, 0.3) is 10.9 Å². The fourth-order valence-corrected chi connectivity index (χ4v) is 2.68. The van der Waals surface area contributed by atoms with Crippen LogP contribution in [0.15, 0.2) is 23.0 Å². The van der Waals surface area contributed by atoms with E-state index in [1.165, 1.54) is 6.92 Å². The number of hydrogen-bond acceptors (Lipinski definition) is 3. The predicted octanol–water partition coefficient (Wildman–Crippen LogP) is -0.144. The summed E-state index contributed by atoms with van der Waals surface area (Å²) in [6, 6.07) is 1.90. The summed E-state index contributed by atoms with van der Waals surface area (Å²) >= 11 is 0. The Morgan fingerprint density at radius 3 is 2.30 bits per heavy atom. The van der Waals surface area contributed by atoms with Gasteiger partial charge in [-0.2, -0.15) is 26.3 Å². The maximum absolute atomic E-state index is 13.2. The van der Waals surface area contributed by atoms with E-state index in [4.69, 9.17) is 4.74 Å². The molecule has 0 bridgehead atoms. The van der Waals surface area contributed by atoms with E-state index in [1.807, 2.05) is 0 Å². The number of rotatable bonds is 1. The number of anilines is 1. The van der Waals surface area contributed by atoms with Crippen molar-refractivity contribution < 1.29 is 54.7 Å². The van der Waals surface area contributed by atoms with Crippen LogP contribution in [0.3, 0.4) is 0 Å². The number of aromatic nitrogens is 1. The molecule has 0 saturated heterocycles. The first-order valence-electron chi connectivity index (χ1n) is 7.14. The van der Waals surface area contributed by atoms with Crippen LogP contribution in [-0.2, 0) is 11.0 Å². The standard InChI is InChI=1S/C15H10F6N2O3.Li/c1-6-13(25)23(5-14(16,17)18)10-2-7-8(15(19,20)21)3-12(24)22-9(7)4-11(10)26-6;/h2-4,6H,5H2,1H3,(H,22,24);/q;+1/p-1. The molecule has 1 amide bonds. The molecule has 27 heavy (non-hydrogen) atoms. The summed E-state index contributed by atoms with van der Waals surface area (Å²) in [6.07, 6.45) is -11.0. The first-order valence-corrected chi connectivity index (χ1v) is 7.14. The summed E-state index contributed by atoms with van der Waals surface area (Å²) in [6.45, 7) is -0.482. The molecule has 0 radical (unpaired) electrons. The van der Waals surface area contributed by atoms with Gasteiger partial charge in [-0.05, 0) is 30.5 Å². The number of carbonyl (C=O) groups excluding carboxylic acids is 1. The third-order valence-corrected chi connectivity index (χ3v) is 3.72. The smallest absolute Gasteiger partial charge is 0.623 e. The number of amides is 1. The fraction of sp³-hybridized carbons (Fsp3) is 0.333. The van der Waals surface area contributed by atoms with E-state index in [1.54, 1.807) is 0 Å². The van der Waals surface area contributed by atoms with Gasteiger partial charge in [0.15, 0.2) is 6.10 Å². The van der Waals surface area contributed by atoms with E-state index < -0.39 is 58.6 Å². The van der Waals surface area contributed by atoms with Crippen LogP contribution in [-0.4, -0.2) is 24.7 Å². The van der Waals surface area contributed by atoms with Crippen molar-refractivity contribution >= 4 is 22.5 Å². The van der Waals surface area contributed by atoms with Crippen molar-refractivity contribution in [2.75, 3.05) is 11.4 Å². The summed E-state index contributed by atoms with van der Waals surface area (Å²) in [5.41, 5.74) is -3.37. The number of benzene rings is 1. The maximum atomic E-state index is 13.2. The van der Waals surface area contributed by atoms with E-state index >= 15 is 0 Å². The molecule has 1 atom stereocenters. The van der Waals surface area contributed by atoms with Crippen LogP contribution in [0.2, 0.25) is 0 Å². The van der Waals surface area contributed by atoms with E-state index in [2.05, 4.69) is 4.98 Å². The second-order valence-corrected chi connectivity index (χ2v) is 5.64. The Labute approximate surface area is 159 Å². The SMILES string of the molecule is CC1Oc2cc3[n-]c(=O)cc(C(F)(F)F)c3cc2N(CC(F)(F)F)C1=O.[Li+]. The summed E-state index contributed by atoms with van der Waals surface area (Å²) < 4.78 is 83.1. The number of alkyl halides is 6. The van der Waals surface area contributed by atoms with Gasteiger partial charge in [0, 0.05) is 0 Å². The average molecular weight is 386 g/mol. The van der Waals surface area contributed by atoms with Crippen molar-refractivity contribution in [3.63, 3.8) is 0 Å². The Bertz CT molecular complexity index is 953. The first-order chi connectivity index (χ1) is 11.9. The molecule has 1 aromatic carbocycles. The zero-order chi connectivity index (χ0) is 19.4. The molecule has 0 spiro atoms. The second-order valence-electron chi connectivity index (χ2n) is 5.64. The topological polar surface area (TPSA) is 60.7 Å². The molecule has 2 aromatic rings. The van der Waals surface area contributed by atoms with Gasteiger partial charge in [-0.15, -0.1) is 5.52 Å². The number of ether oxygens (including phenoxy) is 1. The first kappa shape index (κ1) is 21.2. The van der Waals surface area contributed by atoms with Gasteiger partial charge in [0.1, 0.15) is 12.3 Å². The molecule has 2 heterocycles. The number of nitrogens with zero attached hydrogens (tertiary/aromatic N) is 2. The molecule has 3 rings (SSSR count). The number of fused-ring (bicyclic) bond motifs is 2. The molecule has 5 nitrogen and oxygen atoms in total. The van der Waals surface area contributed by atoms with Gasteiger partial charge in [-0.3, -0.25) is 9.69 Å². The normalized spacial score (nSPS) is 17.4. The molecule has 1 aliphatic rings. The number of hydrogen-bond donors (Lipinski definition) is 0. The largest absolute Gasteiger partial charge is 1.00 e. The molecule has 0 fully saturated rings. The quantitative estimate of drug-likeness (QED) is 0.506. The van der Waals surface area contributed by atoms with E-state index in [9.17, 15) is 35.9 Å². The molecule has 0 aliphatic carbocycles. The fourth-order valence-electron chi connectivity index (χ4n) is 2.68. The Morgan fingerprint density at radius 2 is 1.74 bits per heavy atom. The summed E-state index contributed by atoms with van der Waals surface area (Å²) in [5.74, 6) is -1.31. The minimum atomic E-state index is -4.93. The predicted molar refractivity (Wildman–Crippen MR) is 77.0 cm³/mol. The third-order valence-electron chi connectivity index (χ3n) is 3.72. The van der Waals surface area contributed by atoms with E-state index in [-0.39, 0.29) is 30.7 Å². The van der Waals surface area contributed by atoms with Gasteiger partial charge in [0.25, 0.3) is 5.91 Å². The average Bonchev–Trinajstić information content (AvgIpc) is 2.47. The van der Waals surface area contributed by atoms with Crippen molar-refractivity contribution in [3.8, 4) is 5.75 Å². The van der Waals surface area contributed by atoms with Gasteiger partial charge in [0.05, 0.1) is 16.8 Å². The number of pyridine rings is 1. The van der Waals surface area contributed by atoms with Crippen LogP contribution in [0.4, 0.5) is 32.0 Å². The van der Waals surface area contributed by atoms with Gasteiger partial charge < -0.3 is 14.5 Å². The Kier molecular flexibility index (Phi) is 5.33. The summed E-state index contributed by atoms with van der Waals surface area (Å²) in [7, 11) is 0. The van der Waals surface area contributed by atoms with Crippen molar-refractivity contribution in [2.45, 2.75) is 25.4 Å². The molecular weight excluding hydrogens is 377 g/mol. The van der Waals surface area contributed by atoms with E-state index in [0.29, 0.717) is 4.90 Å². The van der Waals surface area contributed by atoms with Crippen LogP contribution in [0.5, 0.6) is 5.75 Å². The van der Waals surface area contributed by atoms with Crippen LogP contribution in [0.1, 0.15) is 12.5 Å². The van der Waals surface area contributed by atoms with Crippen molar-refractivity contribution in [2.24, 2.45) is 0 Å². The van der Waals surface area contributed by atoms with Crippen molar-refractivity contribution in [1.29, 1.82) is 0 Å². The van der Waals surface area contributed by atoms with Crippen LogP contribution < -0.4 is 39.0 Å². The molecule has 1 unspecified atom stereocenters. The van der Waals surface area contributed by atoms with Crippen LogP contribution in [0, 0.1) is 0 Å². The molecule has 12 heteroatoms. The van der Waals surface area contributed by atoms with Crippen molar-refractivity contribution in [1.82, 2.24) is 4.98 Å². The molecule has 0 saturated carbocycles. The van der Waals surface area contributed by atoms with Gasteiger partial charge in [-0.25, -0.2) is 0 Å². The van der Waals surface area contributed by atoms with Gasteiger partial charge >= 0.3 is 31.2 Å². The van der Waals surface area contributed by atoms with Crippen LogP contribution >= 0.6 is 0 Å². The minimum absolute atomic E-state index is 0. The van der Waals surface area contributed by atoms with Crippen molar-refractivity contribution in [3.05, 3.63) is 34.1 Å². The van der Waals surface area contributed by atoms with Gasteiger partial charge in [0.2, 0.25) is 0 Å². The molecule has 1 aromatic heterocycles. The Hall–Kier alpha value is -2.12. The molecule has 0 N–H and O–H groups in total. The Morgan fingerprint density at radius 1 is 1.11 bits per heavy atom. The van der Waals surface area contributed by atoms with Gasteiger partial charge in [-0.1, -0.05) is 0 Å². The maximum Gasteiger partial charge on any atom is 1.00 e. The zero-order valence-corrected chi connectivity index (χ0v) is 13.9. The summed E-state index contributed by atoms with van der Waals surface area (Å²) in [5, 5.41) is -0.603.